The lowest BCUT2D eigenvalue weighted by atomic mass is 10.2. The average molecular weight is 468 g/mol. The highest BCUT2D eigenvalue weighted by atomic mass is 16.6. The lowest BCUT2D eigenvalue weighted by Crippen LogP contribution is -2.39. The number of aliphatic hydroxyl groups is 1. The number of hydrogen-bond donors (Lipinski definition) is 2. The van der Waals surface area contributed by atoms with Crippen LogP contribution in [0, 0.1) is 6.92 Å². The minimum atomic E-state index is -0.510. The van der Waals surface area contributed by atoms with Gasteiger partial charge in [0.15, 0.2) is 0 Å². The summed E-state index contributed by atoms with van der Waals surface area (Å²) < 4.78 is 12.8. The van der Waals surface area contributed by atoms with E-state index < -0.39 is 11.7 Å². The molecule has 0 fully saturated rings. The van der Waals surface area contributed by atoms with Gasteiger partial charge in [-0.2, -0.15) is 0 Å². The number of amides is 1. The van der Waals surface area contributed by atoms with Gasteiger partial charge >= 0.3 is 6.09 Å². The summed E-state index contributed by atoms with van der Waals surface area (Å²) in [6.45, 7) is 22.4. The number of nitrogens with zero attached hydrogens (tertiary/aromatic N) is 2. The molecule has 0 spiro atoms. The fourth-order valence-corrected chi connectivity index (χ4v) is 2.28. The highest BCUT2D eigenvalue weighted by Crippen LogP contribution is 2.14. The van der Waals surface area contributed by atoms with E-state index in [0.29, 0.717) is 19.0 Å². The summed E-state index contributed by atoms with van der Waals surface area (Å²) in [5.41, 5.74) is 1.56. The fraction of sp³-hybridized carbons (Fsp3) is 0.615. The van der Waals surface area contributed by atoms with Gasteiger partial charge in [0.2, 0.25) is 5.88 Å². The van der Waals surface area contributed by atoms with Crippen molar-refractivity contribution in [2.24, 2.45) is 0 Å². The van der Waals surface area contributed by atoms with Crippen molar-refractivity contribution in [3.63, 3.8) is 0 Å². The second-order valence-electron chi connectivity index (χ2n) is 7.13. The van der Waals surface area contributed by atoms with Crippen LogP contribution in [0.3, 0.4) is 0 Å². The first kappa shape index (κ1) is 35.1. The Hall–Kier alpha value is -2.54. The number of nitrogens with one attached hydrogen (secondary N) is 1. The van der Waals surface area contributed by atoms with Crippen LogP contribution in [0.15, 0.2) is 36.4 Å². The number of carbonyl (C=O) groups excluding carboxylic acids is 1. The molecule has 7 nitrogen and oxygen atoms in total. The van der Waals surface area contributed by atoms with Crippen LogP contribution in [-0.2, 0) is 17.9 Å². The second-order valence-corrected chi connectivity index (χ2v) is 7.13. The molecule has 0 aliphatic carbocycles. The predicted octanol–water partition coefficient (Wildman–Crippen LogP) is 6.37. The molecule has 0 unspecified atom stereocenters. The van der Waals surface area contributed by atoms with Crippen molar-refractivity contribution in [1.82, 2.24) is 15.1 Å². The van der Waals surface area contributed by atoms with Gasteiger partial charge in [-0.3, -0.25) is 4.68 Å². The zero-order valence-corrected chi connectivity index (χ0v) is 23.0. The first-order valence-corrected chi connectivity index (χ1v) is 11.9. The molecule has 1 amide bonds. The smallest absolute Gasteiger partial charge is 0.407 e. The third-order valence-electron chi connectivity index (χ3n) is 3.40. The van der Waals surface area contributed by atoms with E-state index in [1.165, 1.54) is 0 Å². The third-order valence-corrected chi connectivity index (χ3v) is 3.40. The zero-order valence-electron chi connectivity index (χ0n) is 23.0. The highest BCUT2D eigenvalue weighted by Gasteiger charge is 2.18. The van der Waals surface area contributed by atoms with Crippen LogP contribution < -0.4 is 10.1 Å². The summed E-state index contributed by atoms with van der Waals surface area (Å²) in [6.07, 6.45) is -0.426. The predicted molar refractivity (Wildman–Crippen MR) is 139 cm³/mol. The minimum Gasteiger partial charge on any atom is -0.472 e. The van der Waals surface area contributed by atoms with Gasteiger partial charge in [-0.1, -0.05) is 71.9 Å². The van der Waals surface area contributed by atoms with Crippen LogP contribution in [0.1, 0.15) is 80.5 Å². The summed E-state index contributed by atoms with van der Waals surface area (Å²) in [7, 11) is 1.00. The van der Waals surface area contributed by atoms with Crippen LogP contribution >= 0.6 is 0 Å². The van der Waals surface area contributed by atoms with E-state index in [2.05, 4.69) is 10.4 Å². The molecule has 0 saturated heterocycles. The van der Waals surface area contributed by atoms with E-state index >= 15 is 0 Å². The highest BCUT2D eigenvalue weighted by molar-refractivity contribution is 5.67. The van der Waals surface area contributed by atoms with Crippen molar-refractivity contribution < 1.29 is 19.4 Å². The number of alkyl carbamates (subject to hydrolysis) is 1. The standard InChI is InChI=1S/C19H27N3O3.3C2H6.CH4O/c1-14(20-18(23)25-19(3,4)5)12-22-15(2)11-17(21-22)24-13-16-9-7-6-8-10-16;4*1-2/h6-11,14H,12-13H2,1-5H3,(H,20,23);3*1-2H3;2H,1H3/t14-;;;;/m1..../s1. The summed E-state index contributed by atoms with van der Waals surface area (Å²) in [6, 6.07) is 11.7. The molecule has 1 aromatic heterocycles. The molecule has 2 rings (SSSR count). The van der Waals surface area contributed by atoms with Crippen LogP contribution in [-0.4, -0.2) is 39.7 Å². The van der Waals surface area contributed by atoms with E-state index in [9.17, 15) is 4.79 Å². The number of carbonyl (C=O) groups is 1. The molecule has 0 aliphatic heterocycles. The van der Waals surface area contributed by atoms with E-state index in [4.69, 9.17) is 14.6 Å². The molecule has 2 aromatic rings. The number of rotatable bonds is 6. The van der Waals surface area contributed by atoms with Gasteiger partial charge in [-0.15, -0.1) is 5.10 Å². The number of benzene rings is 1. The summed E-state index contributed by atoms with van der Waals surface area (Å²) in [5, 5.41) is 14.3. The molecular weight excluding hydrogens is 418 g/mol. The Labute approximate surface area is 202 Å². The fourth-order valence-electron chi connectivity index (χ4n) is 2.28. The van der Waals surface area contributed by atoms with E-state index in [1.54, 1.807) is 0 Å². The maximum atomic E-state index is 11.8. The average Bonchev–Trinajstić information content (AvgIpc) is 3.16. The minimum absolute atomic E-state index is 0.115. The van der Waals surface area contributed by atoms with Crippen molar-refractivity contribution in [2.75, 3.05) is 7.11 Å². The Bertz CT molecular complexity index is 695. The summed E-state index contributed by atoms with van der Waals surface area (Å²) >= 11 is 0. The largest absolute Gasteiger partial charge is 0.472 e. The van der Waals surface area contributed by atoms with Gasteiger partial charge < -0.3 is 19.9 Å². The van der Waals surface area contributed by atoms with Gasteiger partial charge in [0.05, 0.1) is 6.54 Å². The third kappa shape index (κ3) is 17.7. The molecule has 1 aromatic carbocycles. The SMILES string of the molecule is CC.CC.CC.CO.Cc1cc(OCc2ccccc2)nn1C[C@@H](C)NC(=O)OC(C)(C)C. The number of ether oxygens (including phenoxy) is 2. The van der Waals surface area contributed by atoms with E-state index in [0.717, 1.165) is 18.4 Å². The van der Waals surface area contributed by atoms with Crippen molar-refractivity contribution in [3.8, 4) is 5.88 Å². The summed E-state index contributed by atoms with van der Waals surface area (Å²) in [5.74, 6) is 0.575. The van der Waals surface area contributed by atoms with Crippen LogP contribution in [0.2, 0.25) is 0 Å². The normalized spacial score (nSPS) is 10.2. The Morgan fingerprint density at radius 3 is 2.06 bits per heavy atom. The quantitative estimate of drug-likeness (QED) is 0.515. The number of aryl methyl sites for hydroxylation is 1. The van der Waals surface area contributed by atoms with Gasteiger partial charge in [0.1, 0.15) is 12.2 Å². The Kier molecular flexibility index (Phi) is 22.6. The molecule has 7 heteroatoms. The molecule has 0 aliphatic rings. The van der Waals surface area contributed by atoms with Crippen LogP contribution in [0.25, 0.3) is 0 Å². The van der Waals surface area contributed by atoms with Crippen molar-refractivity contribution in [1.29, 1.82) is 0 Å². The molecule has 0 saturated carbocycles. The molecule has 192 valence electrons. The lowest BCUT2D eigenvalue weighted by molar-refractivity contribution is 0.0503. The van der Waals surface area contributed by atoms with Crippen molar-refractivity contribution in [3.05, 3.63) is 47.7 Å². The Morgan fingerprint density at radius 1 is 1.06 bits per heavy atom. The van der Waals surface area contributed by atoms with Gasteiger partial charge in [-0.25, -0.2) is 4.79 Å². The van der Waals surface area contributed by atoms with Crippen LogP contribution in [0.4, 0.5) is 4.79 Å². The van der Waals surface area contributed by atoms with E-state index in [1.807, 2.05) is 117 Å². The van der Waals surface area contributed by atoms with Crippen molar-refractivity contribution in [2.45, 2.75) is 101 Å². The maximum absolute atomic E-state index is 11.8. The molecule has 0 radical (unpaired) electrons. The number of aliphatic hydroxyl groups excluding tert-OH is 1. The molecule has 1 heterocycles. The van der Waals surface area contributed by atoms with Crippen molar-refractivity contribution >= 4 is 6.09 Å². The first-order valence-electron chi connectivity index (χ1n) is 11.9. The molecule has 2 N–H and O–H groups in total. The summed E-state index contributed by atoms with van der Waals surface area (Å²) in [4.78, 5) is 11.8. The Morgan fingerprint density at radius 2 is 1.58 bits per heavy atom. The molecule has 0 bridgehead atoms. The topological polar surface area (TPSA) is 85.6 Å². The molecule has 1 atom stereocenters. The molecule has 33 heavy (non-hydrogen) atoms. The number of hydrogen-bond acceptors (Lipinski definition) is 5. The van der Waals surface area contributed by atoms with Gasteiger partial charge in [0.25, 0.3) is 0 Å². The maximum Gasteiger partial charge on any atom is 0.407 e. The van der Waals surface area contributed by atoms with E-state index in [-0.39, 0.29) is 6.04 Å². The second kappa shape index (κ2) is 21.3. The van der Waals surface area contributed by atoms with Crippen LogP contribution in [0.5, 0.6) is 5.88 Å². The first-order chi connectivity index (χ1) is 15.7. The van der Waals surface area contributed by atoms with Gasteiger partial charge in [0, 0.05) is 24.9 Å². The lowest BCUT2D eigenvalue weighted by Gasteiger charge is -2.22. The zero-order chi connectivity index (χ0) is 26.4. The monoisotopic (exact) mass is 467 g/mol. The Balaban J connectivity index is -0.00000101. The van der Waals surface area contributed by atoms with Gasteiger partial charge in [-0.05, 0) is 40.2 Å². The number of aromatic nitrogens is 2. The molecular formula is C26H49N3O4.